The van der Waals surface area contributed by atoms with Crippen LogP contribution in [0.15, 0.2) is 42.5 Å². The molecule has 0 atom stereocenters. The standard InChI is InChI=1S/C20H20F2N4O/c1-11(2)26-17-9-12(7-8-16(17)25-20(26)23)14(10-18(27)24-3)13-5-4-6-15(21)19(13)22/h4-11H,1-3H3,(H2,23,25)(H,24,27). The number of likely N-dealkylation sites (N-methyl/N-ethyl adjacent to an activating group) is 1. The predicted octanol–water partition coefficient (Wildman–Crippen LogP) is 3.66. The highest BCUT2D eigenvalue weighted by molar-refractivity contribution is 6.00. The fraction of sp³-hybridized carbons (Fsp3) is 0.200. The Hall–Kier alpha value is -3.22. The SMILES string of the molecule is CNC(=O)C=C(c1ccc2nc(N)n(C(C)C)c2c1)c1cccc(F)c1F. The zero-order valence-electron chi connectivity index (χ0n) is 15.3. The molecule has 1 amide bonds. The minimum atomic E-state index is -1.01. The summed E-state index contributed by atoms with van der Waals surface area (Å²) in [6, 6.07) is 9.16. The zero-order chi connectivity index (χ0) is 19.7. The van der Waals surface area contributed by atoms with Crippen molar-refractivity contribution in [2.24, 2.45) is 0 Å². The van der Waals surface area contributed by atoms with E-state index in [0.29, 0.717) is 17.0 Å². The molecule has 0 aliphatic carbocycles. The Balaban J connectivity index is 2.27. The predicted molar refractivity (Wildman–Crippen MR) is 102 cm³/mol. The summed E-state index contributed by atoms with van der Waals surface area (Å²) in [7, 11) is 1.47. The number of anilines is 1. The molecule has 0 aliphatic rings. The first-order valence-corrected chi connectivity index (χ1v) is 8.49. The summed E-state index contributed by atoms with van der Waals surface area (Å²) in [5.74, 6) is -2.05. The van der Waals surface area contributed by atoms with Crippen LogP contribution in [0.5, 0.6) is 0 Å². The summed E-state index contributed by atoms with van der Waals surface area (Å²) in [6.07, 6.45) is 1.25. The number of halogens is 2. The second kappa shape index (κ2) is 7.19. The van der Waals surface area contributed by atoms with Crippen molar-refractivity contribution in [3.05, 3.63) is 65.2 Å². The van der Waals surface area contributed by atoms with Crippen molar-refractivity contribution in [1.82, 2.24) is 14.9 Å². The molecule has 0 bridgehead atoms. The number of hydrogen-bond donors (Lipinski definition) is 2. The first-order valence-electron chi connectivity index (χ1n) is 8.49. The van der Waals surface area contributed by atoms with Gasteiger partial charge in [-0.2, -0.15) is 0 Å². The molecule has 3 rings (SSSR count). The number of amides is 1. The van der Waals surface area contributed by atoms with E-state index in [4.69, 9.17) is 5.73 Å². The lowest BCUT2D eigenvalue weighted by Crippen LogP contribution is -2.15. The van der Waals surface area contributed by atoms with Gasteiger partial charge in [0.15, 0.2) is 11.6 Å². The second-order valence-corrected chi connectivity index (χ2v) is 6.41. The van der Waals surface area contributed by atoms with E-state index < -0.39 is 17.5 Å². The first kappa shape index (κ1) is 18.6. The molecule has 0 aliphatic heterocycles. The number of rotatable bonds is 4. The molecular formula is C20H20F2N4O. The van der Waals surface area contributed by atoms with Crippen LogP contribution in [0.25, 0.3) is 16.6 Å². The molecule has 140 valence electrons. The van der Waals surface area contributed by atoms with Crippen LogP contribution < -0.4 is 11.1 Å². The summed E-state index contributed by atoms with van der Waals surface area (Å²) < 4.78 is 30.0. The number of nitrogens with zero attached hydrogens (tertiary/aromatic N) is 2. The van der Waals surface area contributed by atoms with Gasteiger partial charge in [-0.25, -0.2) is 13.8 Å². The summed E-state index contributed by atoms with van der Waals surface area (Å²) in [5.41, 5.74) is 8.26. The molecule has 0 spiro atoms. The number of aromatic nitrogens is 2. The minimum absolute atomic E-state index is 0.00142. The van der Waals surface area contributed by atoms with Crippen molar-refractivity contribution in [2.75, 3.05) is 12.8 Å². The Morgan fingerprint density at radius 1 is 1.26 bits per heavy atom. The number of carbonyl (C=O) groups excluding carboxylic acids is 1. The quantitative estimate of drug-likeness (QED) is 0.689. The highest BCUT2D eigenvalue weighted by atomic mass is 19.2. The summed E-state index contributed by atoms with van der Waals surface area (Å²) in [6.45, 7) is 3.94. The molecule has 3 N–H and O–H groups in total. The summed E-state index contributed by atoms with van der Waals surface area (Å²) >= 11 is 0. The topological polar surface area (TPSA) is 72.9 Å². The van der Waals surface area contributed by atoms with Gasteiger partial charge in [-0.05, 0) is 43.2 Å². The molecule has 27 heavy (non-hydrogen) atoms. The van der Waals surface area contributed by atoms with Crippen LogP contribution in [0.4, 0.5) is 14.7 Å². The summed E-state index contributed by atoms with van der Waals surface area (Å²) in [4.78, 5) is 16.3. The normalized spacial score (nSPS) is 12.0. The number of fused-ring (bicyclic) bond motifs is 1. The molecule has 0 radical (unpaired) electrons. The fourth-order valence-electron chi connectivity index (χ4n) is 3.05. The van der Waals surface area contributed by atoms with Gasteiger partial charge < -0.3 is 15.6 Å². The number of nitrogens with two attached hydrogens (primary N) is 1. The van der Waals surface area contributed by atoms with Crippen LogP contribution in [-0.2, 0) is 4.79 Å². The van der Waals surface area contributed by atoms with Gasteiger partial charge in [0.2, 0.25) is 11.9 Å². The number of benzene rings is 2. The molecule has 3 aromatic rings. The smallest absolute Gasteiger partial charge is 0.244 e. The Kier molecular flexibility index (Phi) is 4.94. The molecule has 0 saturated carbocycles. The van der Waals surface area contributed by atoms with E-state index in [2.05, 4.69) is 10.3 Å². The average Bonchev–Trinajstić information content (AvgIpc) is 2.97. The highest BCUT2D eigenvalue weighted by Gasteiger charge is 2.17. The van der Waals surface area contributed by atoms with E-state index >= 15 is 0 Å². The Labute approximate surface area is 155 Å². The van der Waals surface area contributed by atoms with Gasteiger partial charge in [0.1, 0.15) is 0 Å². The van der Waals surface area contributed by atoms with Crippen LogP contribution in [0.1, 0.15) is 31.0 Å². The maximum atomic E-state index is 14.4. The minimum Gasteiger partial charge on any atom is -0.369 e. The van der Waals surface area contributed by atoms with E-state index in [1.807, 2.05) is 18.4 Å². The molecule has 1 aromatic heterocycles. The molecular weight excluding hydrogens is 350 g/mol. The Morgan fingerprint density at radius 2 is 2.00 bits per heavy atom. The lowest BCUT2D eigenvalue weighted by molar-refractivity contribution is -0.116. The van der Waals surface area contributed by atoms with Crippen molar-refractivity contribution in [3.63, 3.8) is 0 Å². The van der Waals surface area contributed by atoms with Gasteiger partial charge >= 0.3 is 0 Å². The van der Waals surface area contributed by atoms with Gasteiger partial charge in [-0.3, -0.25) is 4.79 Å². The number of nitrogen functional groups attached to an aromatic ring is 1. The lowest BCUT2D eigenvalue weighted by Gasteiger charge is -2.13. The highest BCUT2D eigenvalue weighted by Crippen LogP contribution is 2.31. The van der Waals surface area contributed by atoms with Gasteiger partial charge in [-0.1, -0.05) is 18.2 Å². The number of carbonyl (C=O) groups is 1. The lowest BCUT2D eigenvalue weighted by atomic mass is 9.96. The van der Waals surface area contributed by atoms with E-state index in [-0.39, 0.29) is 17.2 Å². The van der Waals surface area contributed by atoms with E-state index in [9.17, 15) is 13.6 Å². The molecule has 7 heteroatoms. The first-order chi connectivity index (χ1) is 12.8. The van der Waals surface area contributed by atoms with E-state index in [1.165, 1.54) is 25.3 Å². The van der Waals surface area contributed by atoms with Crippen LogP contribution in [0, 0.1) is 11.6 Å². The molecule has 5 nitrogen and oxygen atoms in total. The second-order valence-electron chi connectivity index (χ2n) is 6.41. The number of nitrogens with one attached hydrogen (secondary N) is 1. The van der Waals surface area contributed by atoms with E-state index in [1.54, 1.807) is 18.2 Å². The van der Waals surface area contributed by atoms with E-state index in [0.717, 1.165) is 11.6 Å². The maximum absolute atomic E-state index is 14.4. The fourth-order valence-corrected chi connectivity index (χ4v) is 3.05. The largest absolute Gasteiger partial charge is 0.369 e. The molecule has 1 heterocycles. The third-order valence-corrected chi connectivity index (χ3v) is 4.31. The van der Waals surface area contributed by atoms with Crippen molar-refractivity contribution in [2.45, 2.75) is 19.9 Å². The average molecular weight is 370 g/mol. The van der Waals surface area contributed by atoms with Crippen LogP contribution in [0.3, 0.4) is 0 Å². The molecule has 2 aromatic carbocycles. The Morgan fingerprint density at radius 3 is 2.67 bits per heavy atom. The Bertz CT molecular complexity index is 1050. The van der Waals surface area contributed by atoms with Gasteiger partial charge in [0.05, 0.1) is 11.0 Å². The van der Waals surface area contributed by atoms with Crippen LogP contribution in [0.2, 0.25) is 0 Å². The van der Waals surface area contributed by atoms with Gasteiger partial charge in [-0.15, -0.1) is 0 Å². The summed E-state index contributed by atoms with van der Waals surface area (Å²) in [5, 5.41) is 2.47. The van der Waals surface area contributed by atoms with Gasteiger partial charge in [0.25, 0.3) is 0 Å². The number of hydrogen-bond acceptors (Lipinski definition) is 3. The van der Waals surface area contributed by atoms with Crippen molar-refractivity contribution in [3.8, 4) is 0 Å². The van der Waals surface area contributed by atoms with Crippen molar-refractivity contribution >= 4 is 28.5 Å². The number of imidazole rings is 1. The zero-order valence-corrected chi connectivity index (χ0v) is 15.3. The molecule has 0 saturated heterocycles. The molecule has 0 fully saturated rings. The van der Waals surface area contributed by atoms with Crippen molar-refractivity contribution < 1.29 is 13.6 Å². The van der Waals surface area contributed by atoms with Gasteiger partial charge in [0, 0.05) is 24.7 Å². The van der Waals surface area contributed by atoms with Crippen LogP contribution in [-0.4, -0.2) is 22.5 Å². The third kappa shape index (κ3) is 3.40. The molecule has 0 unspecified atom stereocenters. The van der Waals surface area contributed by atoms with Crippen molar-refractivity contribution in [1.29, 1.82) is 0 Å². The van der Waals surface area contributed by atoms with Crippen LogP contribution >= 0.6 is 0 Å². The maximum Gasteiger partial charge on any atom is 0.244 e. The monoisotopic (exact) mass is 370 g/mol. The third-order valence-electron chi connectivity index (χ3n) is 4.31.